The Morgan fingerprint density at radius 1 is 1.23 bits per heavy atom. The Kier molecular flexibility index (Phi) is 5.02. The van der Waals surface area contributed by atoms with Gasteiger partial charge in [0.25, 0.3) is 0 Å². The molecular formula is C14H15F3N2O3. The van der Waals surface area contributed by atoms with Crippen LogP contribution in [0.4, 0.5) is 18.9 Å². The number of hydrogen-bond acceptors (Lipinski definition) is 5. The van der Waals surface area contributed by atoms with Gasteiger partial charge in [0.15, 0.2) is 12.4 Å². The number of piperazine rings is 1. The fourth-order valence-electron chi connectivity index (χ4n) is 2.10. The molecule has 0 unspecified atom stereocenters. The normalized spacial score (nSPS) is 15.5. The van der Waals surface area contributed by atoms with Crippen LogP contribution in [0.3, 0.4) is 0 Å². The number of esters is 1. The van der Waals surface area contributed by atoms with E-state index in [0.717, 1.165) is 31.9 Å². The molecule has 1 aliphatic rings. The lowest BCUT2D eigenvalue weighted by Crippen LogP contribution is -2.43. The number of nitrogens with zero attached hydrogens (tertiary/aromatic N) is 1. The van der Waals surface area contributed by atoms with Gasteiger partial charge in [-0.25, -0.2) is 4.79 Å². The summed E-state index contributed by atoms with van der Waals surface area (Å²) in [6, 6.07) is 6.55. The number of ketones is 1. The molecule has 22 heavy (non-hydrogen) atoms. The number of rotatable bonds is 4. The van der Waals surface area contributed by atoms with E-state index in [1.165, 1.54) is 6.07 Å². The molecule has 0 atom stereocenters. The number of alkyl halides is 3. The molecule has 0 bridgehead atoms. The Morgan fingerprint density at radius 2 is 1.91 bits per heavy atom. The number of nitrogens with one attached hydrogen (secondary N) is 1. The summed E-state index contributed by atoms with van der Waals surface area (Å²) in [6.07, 6.45) is -5.09. The van der Waals surface area contributed by atoms with E-state index in [-0.39, 0.29) is 5.56 Å². The molecule has 1 aliphatic heterocycles. The van der Waals surface area contributed by atoms with Crippen LogP contribution in [0.2, 0.25) is 0 Å². The highest BCUT2D eigenvalue weighted by Crippen LogP contribution is 2.19. The number of anilines is 1. The van der Waals surface area contributed by atoms with Gasteiger partial charge in [-0.1, -0.05) is 12.1 Å². The SMILES string of the molecule is O=C(COC(=O)C(F)(F)F)c1cccc(N2CCNCC2)c1. The van der Waals surface area contributed by atoms with Gasteiger partial charge in [-0.3, -0.25) is 4.79 Å². The number of benzene rings is 1. The fraction of sp³-hybridized carbons (Fsp3) is 0.429. The average molecular weight is 316 g/mol. The van der Waals surface area contributed by atoms with E-state index in [1.54, 1.807) is 12.1 Å². The second kappa shape index (κ2) is 6.78. The number of halogens is 3. The molecule has 120 valence electrons. The predicted molar refractivity (Wildman–Crippen MR) is 72.9 cm³/mol. The monoisotopic (exact) mass is 316 g/mol. The maximum Gasteiger partial charge on any atom is 0.490 e. The van der Waals surface area contributed by atoms with E-state index in [4.69, 9.17) is 0 Å². The lowest BCUT2D eigenvalue weighted by Gasteiger charge is -2.29. The topological polar surface area (TPSA) is 58.6 Å². The highest BCUT2D eigenvalue weighted by Gasteiger charge is 2.41. The van der Waals surface area contributed by atoms with Crippen molar-refractivity contribution in [2.24, 2.45) is 0 Å². The van der Waals surface area contributed by atoms with Gasteiger partial charge in [-0.2, -0.15) is 13.2 Å². The smallest absolute Gasteiger partial charge is 0.451 e. The van der Waals surface area contributed by atoms with Crippen LogP contribution < -0.4 is 10.2 Å². The summed E-state index contributed by atoms with van der Waals surface area (Å²) in [4.78, 5) is 24.5. The quantitative estimate of drug-likeness (QED) is 0.672. The van der Waals surface area contributed by atoms with Crippen LogP contribution >= 0.6 is 0 Å². The molecule has 1 aromatic carbocycles. The van der Waals surface area contributed by atoms with Crippen molar-refractivity contribution in [1.82, 2.24) is 5.32 Å². The molecule has 0 spiro atoms. The molecule has 8 heteroatoms. The van der Waals surface area contributed by atoms with Crippen LogP contribution in [0.15, 0.2) is 24.3 Å². The van der Waals surface area contributed by atoms with Crippen molar-refractivity contribution in [2.75, 3.05) is 37.7 Å². The molecule has 0 radical (unpaired) electrons. The van der Waals surface area contributed by atoms with Gasteiger partial charge in [0.1, 0.15) is 0 Å². The Bertz CT molecular complexity index is 555. The van der Waals surface area contributed by atoms with E-state index in [9.17, 15) is 22.8 Å². The summed E-state index contributed by atoms with van der Waals surface area (Å²) in [5, 5.41) is 3.20. The third-order valence-electron chi connectivity index (χ3n) is 3.22. The van der Waals surface area contributed by atoms with Crippen molar-refractivity contribution in [3.05, 3.63) is 29.8 Å². The van der Waals surface area contributed by atoms with Crippen molar-refractivity contribution in [1.29, 1.82) is 0 Å². The minimum atomic E-state index is -5.09. The summed E-state index contributed by atoms with van der Waals surface area (Å²) in [5.74, 6) is -3.03. The van der Waals surface area contributed by atoms with Crippen molar-refractivity contribution in [3.8, 4) is 0 Å². The Balaban J connectivity index is 1.99. The molecule has 5 nitrogen and oxygen atoms in total. The van der Waals surface area contributed by atoms with Crippen LogP contribution in [-0.2, 0) is 9.53 Å². The second-order valence-electron chi connectivity index (χ2n) is 4.78. The Morgan fingerprint density at radius 3 is 2.55 bits per heavy atom. The minimum absolute atomic E-state index is 0.214. The lowest BCUT2D eigenvalue weighted by molar-refractivity contribution is -0.198. The van der Waals surface area contributed by atoms with Crippen LogP contribution in [0.1, 0.15) is 10.4 Å². The zero-order valence-corrected chi connectivity index (χ0v) is 11.7. The largest absolute Gasteiger partial charge is 0.490 e. The zero-order valence-electron chi connectivity index (χ0n) is 11.7. The predicted octanol–water partition coefficient (Wildman–Crippen LogP) is 1.38. The van der Waals surface area contributed by atoms with Gasteiger partial charge < -0.3 is 15.0 Å². The lowest BCUT2D eigenvalue weighted by atomic mass is 10.1. The molecule has 0 aliphatic carbocycles. The summed E-state index contributed by atoms with van der Waals surface area (Å²) in [6.45, 7) is 2.27. The molecule has 1 fully saturated rings. The third kappa shape index (κ3) is 4.20. The first-order valence-electron chi connectivity index (χ1n) is 6.71. The average Bonchev–Trinajstić information content (AvgIpc) is 2.52. The van der Waals surface area contributed by atoms with Gasteiger partial charge in [-0.15, -0.1) is 0 Å². The highest BCUT2D eigenvalue weighted by molar-refractivity contribution is 5.98. The van der Waals surface area contributed by atoms with Crippen molar-refractivity contribution < 1.29 is 27.5 Å². The van der Waals surface area contributed by atoms with E-state index in [1.807, 2.05) is 6.07 Å². The Hall–Kier alpha value is -2.09. The van der Waals surface area contributed by atoms with E-state index < -0.39 is 24.5 Å². The number of hydrogen-bond donors (Lipinski definition) is 1. The molecule has 0 amide bonds. The van der Waals surface area contributed by atoms with Gasteiger partial charge in [0, 0.05) is 37.4 Å². The van der Waals surface area contributed by atoms with Gasteiger partial charge >= 0.3 is 12.1 Å². The maximum absolute atomic E-state index is 12.0. The summed E-state index contributed by atoms with van der Waals surface area (Å²) in [7, 11) is 0. The summed E-state index contributed by atoms with van der Waals surface area (Å²) in [5.41, 5.74) is 1.03. The van der Waals surface area contributed by atoms with Crippen molar-refractivity contribution in [3.63, 3.8) is 0 Å². The van der Waals surface area contributed by atoms with Crippen LogP contribution in [-0.4, -0.2) is 50.7 Å². The first-order chi connectivity index (χ1) is 10.4. The zero-order chi connectivity index (χ0) is 16.2. The molecule has 1 N–H and O–H groups in total. The van der Waals surface area contributed by atoms with Gasteiger partial charge in [0.2, 0.25) is 0 Å². The summed E-state index contributed by atoms with van der Waals surface area (Å²) >= 11 is 0. The molecule has 1 heterocycles. The molecule has 0 aromatic heterocycles. The van der Waals surface area contributed by atoms with Crippen molar-refractivity contribution in [2.45, 2.75) is 6.18 Å². The van der Waals surface area contributed by atoms with Crippen LogP contribution in [0.5, 0.6) is 0 Å². The standard InChI is InChI=1S/C14H15F3N2O3/c15-14(16,17)13(21)22-9-12(20)10-2-1-3-11(8-10)19-6-4-18-5-7-19/h1-3,8,18H,4-7,9H2. The van der Waals surface area contributed by atoms with E-state index in [2.05, 4.69) is 15.0 Å². The van der Waals surface area contributed by atoms with E-state index in [0.29, 0.717) is 0 Å². The first kappa shape index (κ1) is 16.3. The molecule has 0 saturated carbocycles. The number of Topliss-reactive ketones (excluding diaryl/α,β-unsaturated/α-hetero) is 1. The van der Waals surface area contributed by atoms with Crippen LogP contribution in [0.25, 0.3) is 0 Å². The number of carbonyl (C=O) groups is 2. The van der Waals surface area contributed by atoms with Gasteiger partial charge in [0.05, 0.1) is 0 Å². The van der Waals surface area contributed by atoms with Gasteiger partial charge in [-0.05, 0) is 12.1 Å². The van der Waals surface area contributed by atoms with E-state index >= 15 is 0 Å². The fourth-order valence-corrected chi connectivity index (χ4v) is 2.10. The van der Waals surface area contributed by atoms with Crippen LogP contribution in [0, 0.1) is 0 Å². The third-order valence-corrected chi connectivity index (χ3v) is 3.22. The summed E-state index contributed by atoms with van der Waals surface area (Å²) < 4.78 is 40.0. The second-order valence-corrected chi connectivity index (χ2v) is 4.78. The first-order valence-corrected chi connectivity index (χ1v) is 6.71. The maximum atomic E-state index is 12.0. The minimum Gasteiger partial charge on any atom is -0.451 e. The Labute approximate surface area is 125 Å². The molecule has 1 aromatic rings. The number of ether oxygens (including phenoxy) is 1. The molecule has 2 rings (SSSR count). The molecule has 1 saturated heterocycles. The number of carbonyl (C=O) groups excluding carboxylic acids is 2. The van der Waals surface area contributed by atoms with Crippen molar-refractivity contribution >= 4 is 17.4 Å². The molecular weight excluding hydrogens is 301 g/mol. The highest BCUT2D eigenvalue weighted by atomic mass is 19.4.